The van der Waals surface area contributed by atoms with Crippen molar-refractivity contribution >= 4 is 23.3 Å². The van der Waals surface area contributed by atoms with Crippen LogP contribution in [0, 0.1) is 6.92 Å². The molecule has 1 N–H and O–H groups in total. The minimum atomic E-state index is -0.425. The predicted octanol–water partition coefficient (Wildman–Crippen LogP) is -0.110. The zero-order chi connectivity index (χ0) is 18.0. The number of hydrogen-bond acceptors (Lipinski definition) is 6. The minimum absolute atomic E-state index is 0.188. The Balaban J connectivity index is 1.62. The van der Waals surface area contributed by atoms with Gasteiger partial charge in [-0.15, -0.1) is 5.10 Å². The molecule has 130 valence electrons. The van der Waals surface area contributed by atoms with E-state index in [2.05, 4.69) is 15.6 Å². The largest absolute Gasteiger partial charge is 0.360 e. The molecular formula is C15H16N6O4. The molecule has 0 atom stereocenters. The molecule has 3 rings (SSSR count). The van der Waals surface area contributed by atoms with Crippen LogP contribution in [0.4, 0.5) is 5.82 Å². The van der Waals surface area contributed by atoms with E-state index in [1.807, 2.05) is 0 Å². The molecular weight excluding hydrogens is 328 g/mol. The van der Waals surface area contributed by atoms with E-state index in [0.29, 0.717) is 11.4 Å². The first-order valence-corrected chi connectivity index (χ1v) is 7.45. The Hall–Kier alpha value is -3.43. The summed E-state index contributed by atoms with van der Waals surface area (Å²) in [5.41, 5.74) is 0.0296. The quantitative estimate of drug-likeness (QED) is 0.690. The number of nitrogens with zero attached hydrogens (tertiary/aromatic N) is 5. The summed E-state index contributed by atoms with van der Waals surface area (Å²) in [5.74, 6) is -0.00522. The van der Waals surface area contributed by atoms with Gasteiger partial charge in [-0.2, -0.15) is 0 Å². The summed E-state index contributed by atoms with van der Waals surface area (Å²) in [6.07, 6.45) is 1.57. The average molecular weight is 344 g/mol. The molecule has 0 radical (unpaired) electrons. The average Bonchev–Trinajstić information content (AvgIpc) is 3.11. The first kappa shape index (κ1) is 16.4. The Morgan fingerprint density at radius 3 is 2.84 bits per heavy atom. The summed E-state index contributed by atoms with van der Waals surface area (Å²) in [6, 6.07) is 6.68. The van der Waals surface area contributed by atoms with E-state index in [0.717, 1.165) is 4.68 Å². The van der Waals surface area contributed by atoms with Gasteiger partial charge in [-0.3, -0.25) is 14.0 Å². The van der Waals surface area contributed by atoms with Gasteiger partial charge in [-0.1, -0.05) is 11.2 Å². The summed E-state index contributed by atoms with van der Waals surface area (Å²) in [5, 5.41) is 10.2. The van der Waals surface area contributed by atoms with Crippen molar-refractivity contribution in [3.63, 3.8) is 0 Å². The molecule has 10 heteroatoms. The molecule has 0 bridgehead atoms. The molecule has 0 aliphatic rings. The number of fused-ring (bicyclic) bond motifs is 1. The van der Waals surface area contributed by atoms with Gasteiger partial charge in [0.05, 0.1) is 6.54 Å². The van der Waals surface area contributed by atoms with E-state index in [1.54, 1.807) is 37.4 Å². The van der Waals surface area contributed by atoms with Crippen LogP contribution >= 0.6 is 0 Å². The van der Waals surface area contributed by atoms with E-state index in [1.165, 1.54) is 16.3 Å². The van der Waals surface area contributed by atoms with E-state index in [-0.39, 0.29) is 18.9 Å². The molecule has 0 aromatic carbocycles. The molecule has 0 aliphatic carbocycles. The minimum Gasteiger partial charge on any atom is -0.360 e. The smallest absolute Gasteiger partial charge is 0.350 e. The number of likely N-dealkylation sites (N-methyl/N-ethyl adjacent to an activating group) is 1. The van der Waals surface area contributed by atoms with Gasteiger partial charge in [0.1, 0.15) is 12.3 Å². The van der Waals surface area contributed by atoms with Gasteiger partial charge in [0.25, 0.3) is 0 Å². The number of nitrogens with one attached hydrogen (secondary N) is 1. The molecule has 3 aromatic heterocycles. The maximum Gasteiger partial charge on any atom is 0.350 e. The molecule has 0 saturated heterocycles. The van der Waals surface area contributed by atoms with Gasteiger partial charge in [-0.25, -0.2) is 9.48 Å². The second-order valence-corrected chi connectivity index (χ2v) is 5.49. The topological polar surface area (TPSA) is 115 Å². The van der Waals surface area contributed by atoms with Gasteiger partial charge in [0.15, 0.2) is 11.5 Å². The third-order valence-corrected chi connectivity index (χ3v) is 3.48. The standard InChI is InChI=1S/C15H16N6O4/c1-10-7-11(18-25-10)16-13(22)8-19(2)14(23)9-21-15(24)20-6-4-3-5-12(20)17-21/h3-7H,8-9H2,1-2H3,(H,16,18,22). The normalized spacial score (nSPS) is 10.8. The first-order valence-electron chi connectivity index (χ1n) is 7.45. The number of carbonyl (C=O) groups excluding carboxylic acids is 2. The number of amides is 2. The number of anilines is 1. The fourth-order valence-corrected chi connectivity index (χ4v) is 2.23. The summed E-state index contributed by atoms with van der Waals surface area (Å²) >= 11 is 0. The zero-order valence-electron chi connectivity index (χ0n) is 13.7. The third kappa shape index (κ3) is 3.57. The van der Waals surface area contributed by atoms with Crippen molar-refractivity contribution < 1.29 is 14.1 Å². The molecule has 0 saturated carbocycles. The van der Waals surface area contributed by atoms with Gasteiger partial charge in [0.2, 0.25) is 11.8 Å². The highest BCUT2D eigenvalue weighted by Gasteiger charge is 2.17. The first-order chi connectivity index (χ1) is 11.9. The Labute approximate surface area is 141 Å². The van der Waals surface area contributed by atoms with Crippen LogP contribution in [-0.2, 0) is 16.1 Å². The van der Waals surface area contributed by atoms with Crippen molar-refractivity contribution in [3.05, 3.63) is 46.7 Å². The summed E-state index contributed by atoms with van der Waals surface area (Å²) in [6.45, 7) is 1.26. The molecule has 2 amide bonds. The van der Waals surface area contributed by atoms with Crippen molar-refractivity contribution in [2.45, 2.75) is 13.5 Å². The lowest BCUT2D eigenvalue weighted by molar-refractivity contribution is -0.134. The van der Waals surface area contributed by atoms with Crippen molar-refractivity contribution in [2.75, 3.05) is 18.9 Å². The molecule has 3 heterocycles. The van der Waals surface area contributed by atoms with Crippen LogP contribution in [0.5, 0.6) is 0 Å². The number of rotatable bonds is 5. The SMILES string of the molecule is Cc1cc(NC(=O)CN(C)C(=O)Cn2nc3ccccn3c2=O)no1. The fraction of sp³-hybridized carbons (Fsp3) is 0.267. The van der Waals surface area contributed by atoms with Crippen molar-refractivity contribution in [2.24, 2.45) is 0 Å². The summed E-state index contributed by atoms with van der Waals surface area (Å²) in [7, 11) is 1.47. The fourth-order valence-electron chi connectivity index (χ4n) is 2.23. The monoisotopic (exact) mass is 344 g/mol. The molecule has 0 aliphatic heterocycles. The van der Waals surface area contributed by atoms with Crippen molar-refractivity contribution in [1.29, 1.82) is 0 Å². The van der Waals surface area contributed by atoms with Crippen LogP contribution in [0.1, 0.15) is 5.76 Å². The lowest BCUT2D eigenvalue weighted by Crippen LogP contribution is -2.38. The lowest BCUT2D eigenvalue weighted by atomic mass is 10.4. The molecule has 0 unspecified atom stereocenters. The predicted molar refractivity (Wildman–Crippen MR) is 87.0 cm³/mol. The highest BCUT2D eigenvalue weighted by molar-refractivity contribution is 5.93. The Kier molecular flexibility index (Phi) is 4.33. The Morgan fingerprint density at radius 2 is 2.16 bits per heavy atom. The highest BCUT2D eigenvalue weighted by atomic mass is 16.5. The second kappa shape index (κ2) is 6.59. The molecule has 10 nitrogen and oxygen atoms in total. The van der Waals surface area contributed by atoms with E-state index >= 15 is 0 Å². The van der Waals surface area contributed by atoms with E-state index in [4.69, 9.17) is 4.52 Å². The number of aromatic nitrogens is 4. The number of carbonyl (C=O) groups is 2. The van der Waals surface area contributed by atoms with Gasteiger partial charge in [-0.05, 0) is 19.1 Å². The van der Waals surface area contributed by atoms with Gasteiger partial charge < -0.3 is 14.7 Å². The highest BCUT2D eigenvalue weighted by Crippen LogP contribution is 2.06. The molecule has 25 heavy (non-hydrogen) atoms. The maximum absolute atomic E-state index is 12.2. The van der Waals surface area contributed by atoms with Gasteiger partial charge in [0, 0.05) is 19.3 Å². The van der Waals surface area contributed by atoms with Crippen LogP contribution in [0.3, 0.4) is 0 Å². The number of aryl methyl sites for hydroxylation is 1. The van der Waals surface area contributed by atoms with E-state index < -0.39 is 17.5 Å². The number of hydrogen-bond donors (Lipinski definition) is 1. The van der Waals surface area contributed by atoms with E-state index in [9.17, 15) is 14.4 Å². The van der Waals surface area contributed by atoms with Gasteiger partial charge >= 0.3 is 5.69 Å². The number of pyridine rings is 1. The molecule has 0 fully saturated rings. The van der Waals surface area contributed by atoms with Crippen LogP contribution in [-0.4, -0.2) is 49.6 Å². The van der Waals surface area contributed by atoms with Crippen molar-refractivity contribution in [3.8, 4) is 0 Å². The van der Waals surface area contributed by atoms with Crippen LogP contribution < -0.4 is 11.0 Å². The summed E-state index contributed by atoms with van der Waals surface area (Å²) in [4.78, 5) is 37.5. The zero-order valence-corrected chi connectivity index (χ0v) is 13.7. The Bertz CT molecular complexity index is 985. The molecule has 3 aromatic rings. The Morgan fingerprint density at radius 1 is 1.36 bits per heavy atom. The van der Waals surface area contributed by atoms with Crippen LogP contribution in [0.15, 0.2) is 39.8 Å². The lowest BCUT2D eigenvalue weighted by Gasteiger charge is -2.15. The third-order valence-electron chi connectivity index (χ3n) is 3.48. The van der Waals surface area contributed by atoms with Crippen LogP contribution in [0.25, 0.3) is 5.65 Å². The van der Waals surface area contributed by atoms with Crippen molar-refractivity contribution in [1.82, 2.24) is 24.2 Å². The second-order valence-electron chi connectivity index (χ2n) is 5.49. The summed E-state index contributed by atoms with van der Waals surface area (Å²) < 4.78 is 7.25. The molecule has 0 spiro atoms. The van der Waals surface area contributed by atoms with Crippen LogP contribution in [0.2, 0.25) is 0 Å². The maximum atomic E-state index is 12.2.